The molecule has 0 bridgehead atoms. The third-order valence-electron chi connectivity index (χ3n) is 3.69. The summed E-state index contributed by atoms with van der Waals surface area (Å²) in [4.78, 5) is 24.1. The number of benzene rings is 1. The van der Waals surface area contributed by atoms with Gasteiger partial charge in [-0.05, 0) is 30.0 Å². The van der Waals surface area contributed by atoms with Crippen LogP contribution in [0.25, 0.3) is 0 Å². The Balaban J connectivity index is 1.91. The van der Waals surface area contributed by atoms with Crippen molar-refractivity contribution in [3.05, 3.63) is 35.5 Å². The Kier molecular flexibility index (Phi) is 7.43. The fourth-order valence-electron chi connectivity index (χ4n) is 2.18. The first-order chi connectivity index (χ1) is 13.3. The molecule has 8 heteroatoms. The summed E-state index contributed by atoms with van der Waals surface area (Å²) in [5.74, 6) is 0.522. The van der Waals surface area contributed by atoms with Gasteiger partial charge in [0.05, 0.1) is 25.0 Å². The zero-order valence-corrected chi connectivity index (χ0v) is 16.8. The van der Waals surface area contributed by atoms with Crippen LogP contribution < -0.4 is 14.8 Å². The number of carbonyl (C=O) groups is 2. The number of ether oxygens (including phenoxy) is 3. The van der Waals surface area contributed by atoms with Crippen molar-refractivity contribution in [3.63, 3.8) is 0 Å². The van der Waals surface area contributed by atoms with Gasteiger partial charge < -0.3 is 18.7 Å². The Bertz CT molecular complexity index is 813. The van der Waals surface area contributed by atoms with Gasteiger partial charge >= 0.3 is 5.97 Å². The van der Waals surface area contributed by atoms with Crippen LogP contribution in [0, 0.1) is 5.92 Å². The highest BCUT2D eigenvalue weighted by atomic mass is 16.5. The first kappa shape index (κ1) is 21.3. The van der Waals surface area contributed by atoms with Crippen molar-refractivity contribution < 1.29 is 28.3 Å². The Morgan fingerprint density at radius 1 is 1.14 bits per heavy atom. The van der Waals surface area contributed by atoms with Crippen LogP contribution in [0.2, 0.25) is 0 Å². The van der Waals surface area contributed by atoms with Crippen LogP contribution in [-0.4, -0.2) is 37.4 Å². The minimum atomic E-state index is -0.649. The van der Waals surface area contributed by atoms with Gasteiger partial charge in [0.1, 0.15) is 0 Å². The van der Waals surface area contributed by atoms with Gasteiger partial charge in [0, 0.05) is 6.07 Å². The molecule has 2 aromatic rings. The largest absolute Gasteiger partial charge is 0.493 e. The van der Waals surface area contributed by atoms with E-state index in [0.717, 1.165) is 5.69 Å². The van der Waals surface area contributed by atoms with E-state index in [2.05, 4.69) is 10.5 Å². The Hall–Kier alpha value is -3.03. The summed E-state index contributed by atoms with van der Waals surface area (Å²) in [5.41, 5.74) is 0.975. The van der Waals surface area contributed by atoms with Gasteiger partial charge in [-0.3, -0.25) is 10.1 Å². The van der Waals surface area contributed by atoms with Gasteiger partial charge in [-0.15, -0.1) is 0 Å². The lowest BCUT2D eigenvalue weighted by Crippen LogP contribution is -2.20. The van der Waals surface area contributed by atoms with Crippen molar-refractivity contribution in [2.75, 3.05) is 25.6 Å². The highest BCUT2D eigenvalue weighted by molar-refractivity contribution is 5.95. The molecule has 0 aliphatic carbocycles. The van der Waals surface area contributed by atoms with Crippen molar-refractivity contribution in [2.24, 2.45) is 5.92 Å². The molecule has 1 N–H and O–H groups in total. The fraction of sp³-hybridized carbons (Fsp3) is 0.450. The van der Waals surface area contributed by atoms with Crippen LogP contribution in [0.3, 0.4) is 0 Å². The van der Waals surface area contributed by atoms with Crippen LogP contribution in [0.4, 0.5) is 5.88 Å². The Morgan fingerprint density at radius 3 is 2.50 bits per heavy atom. The predicted octanol–water partition coefficient (Wildman–Crippen LogP) is 3.64. The van der Waals surface area contributed by atoms with Crippen LogP contribution in [0.1, 0.15) is 49.7 Å². The van der Waals surface area contributed by atoms with Gasteiger partial charge in [-0.1, -0.05) is 32.9 Å². The van der Waals surface area contributed by atoms with E-state index in [-0.39, 0.29) is 17.4 Å². The fourth-order valence-corrected chi connectivity index (χ4v) is 2.18. The van der Waals surface area contributed by atoms with E-state index < -0.39 is 18.5 Å². The molecule has 28 heavy (non-hydrogen) atoms. The molecule has 0 fully saturated rings. The minimum Gasteiger partial charge on any atom is -0.493 e. The number of nitrogens with one attached hydrogen (secondary N) is 1. The van der Waals surface area contributed by atoms with E-state index in [9.17, 15) is 9.59 Å². The minimum absolute atomic E-state index is 0.176. The lowest BCUT2D eigenvalue weighted by molar-refractivity contribution is -0.119. The summed E-state index contributed by atoms with van der Waals surface area (Å²) in [5, 5.41) is 6.33. The summed E-state index contributed by atoms with van der Waals surface area (Å²) in [6, 6.07) is 6.34. The van der Waals surface area contributed by atoms with Gasteiger partial charge in [0.25, 0.3) is 5.91 Å². The predicted molar refractivity (Wildman–Crippen MR) is 103 cm³/mol. The second-order valence-corrected chi connectivity index (χ2v) is 6.97. The number of carbonyl (C=O) groups excluding carboxylic acids is 2. The molecular formula is C20H26N2O6. The number of hydrogen-bond acceptors (Lipinski definition) is 7. The average molecular weight is 390 g/mol. The number of anilines is 1. The van der Waals surface area contributed by atoms with Crippen LogP contribution in [-0.2, 0) is 9.53 Å². The second kappa shape index (κ2) is 9.77. The third kappa shape index (κ3) is 6.00. The molecule has 1 amide bonds. The number of amides is 1. The summed E-state index contributed by atoms with van der Waals surface area (Å²) < 4.78 is 21.0. The standard InChI is InChI=1S/C20H26N2O6/c1-12(2)10-26-16-7-6-14(8-17(16)25-5)20(24)27-11-18(23)21-19-9-15(13(3)4)22-28-19/h6-9,12-13H,10-11H2,1-5H3,(H,21,23). The first-order valence-corrected chi connectivity index (χ1v) is 9.04. The summed E-state index contributed by atoms with van der Waals surface area (Å²) in [6.07, 6.45) is 0. The maximum Gasteiger partial charge on any atom is 0.338 e. The number of nitrogens with zero attached hydrogens (tertiary/aromatic N) is 1. The number of aromatic nitrogens is 1. The summed E-state index contributed by atoms with van der Waals surface area (Å²) in [7, 11) is 1.49. The molecule has 0 aliphatic rings. The number of hydrogen-bond donors (Lipinski definition) is 1. The van der Waals surface area contributed by atoms with Crippen LogP contribution in [0.15, 0.2) is 28.8 Å². The molecule has 0 radical (unpaired) electrons. The molecule has 1 aromatic heterocycles. The van der Waals surface area contributed by atoms with Crippen molar-refractivity contribution in [2.45, 2.75) is 33.6 Å². The van der Waals surface area contributed by atoms with Gasteiger partial charge in [0.15, 0.2) is 18.1 Å². The third-order valence-corrected chi connectivity index (χ3v) is 3.69. The molecule has 8 nitrogen and oxygen atoms in total. The van der Waals surface area contributed by atoms with E-state index in [4.69, 9.17) is 18.7 Å². The smallest absolute Gasteiger partial charge is 0.338 e. The lowest BCUT2D eigenvalue weighted by Gasteiger charge is -2.13. The molecule has 152 valence electrons. The maximum absolute atomic E-state index is 12.2. The van der Waals surface area contributed by atoms with Crippen molar-refractivity contribution >= 4 is 17.8 Å². The highest BCUT2D eigenvalue weighted by Crippen LogP contribution is 2.28. The topological polar surface area (TPSA) is 99.9 Å². The molecule has 0 aliphatic heterocycles. The number of methoxy groups -OCH3 is 1. The number of esters is 1. The van der Waals surface area contributed by atoms with Crippen LogP contribution >= 0.6 is 0 Å². The van der Waals surface area contributed by atoms with E-state index in [1.165, 1.54) is 13.2 Å². The van der Waals surface area contributed by atoms with E-state index in [0.29, 0.717) is 24.0 Å². The van der Waals surface area contributed by atoms with Crippen molar-refractivity contribution in [3.8, 4) is 11.5 Å². The molecule has 0 saturated carbocycles. The van der Waals surface area contributed by atoms with E-state index in [1.807, 2.05) is 27.7 Å². The lowest BCUT2D eigenvalue weighted by atomic mass is 10.1. The zero-order chi connectivity index (χ0) is 20.7. The van der Waals surface area contributed by atoms with E-state index >= 15 is 0 Å². The first-order valence-electron chi connectivity index (χ1n) is 9.04. The zero-order valence-electron chi connectivity index (χ0n) is 16.8. The SMILES string of the molecule is COc1cc(C(=O)OCC(=O)Nc2cc(C(C)C)no2)ccc1OCC(C)C. The molecular weight excluding hydrogens is 364 g/mol. The molecule has 1 aromatic carbocycles. The molecule has 0 spiro atoms. The summed E-state index contributed by atoms with van der Waals surface area (Å²) >= 11 is 0. The number of rotatable bonds is 9. The molecule has 0 unspecified atom stereocenters. The van der Waals surface area contributed by atoms with Crippen LogP contribution in [0.5, 0.6) is 11.5 Å². The van der Waals surface area contributed by atoms with Gasteiger partial charge in [-0.25, -0.2) is 4.79 Å². The normalized spacial score (nSPS) is 10.8. The maximum atomic E-state index is 12.2. The van der Waals surface area contributed by atoms with Gasteiger partial charge in [-0.2, -0.15) is 0 Å². The van der Waals surface area contributed by atoms with E-state index in [1.54, 1.807) is 18.2 Å². The molecule has 1 heterocycles. The highest BCUT2D eigenvalue weighted by Gasteiger charge is 2.16. The quantitative estimate of drug-likeness (QED) is 0.653. The molecule has 0 atom stereocenters. The monoisotopic (exact) mass is 390 g/mol. The Morgan fingerprint density at radius 2 is 1.89 bits per heavy atom. The van der Waals surface area contributed by atoms with Crippen molar-refractivity contribution in [1.29, 1.82) is 0 Å². The Labute approximate surface area is 164 Å². The molecule has 2 rings (SSSR count). The summed E-state index contributed by atoms with van der Waals surface area (Å²) in [6.45, 7) is 8.06. The average Bonchev–Trinajstić information content (AvgIpc) is 3.13. The molecule has 0 saturated heterocycles. The van der Waals surface area contributed by atoms with Crippen molar-refractivity contribution in [1.82, 2.24) is 5.16 Å². The second-order valence-electron chi connectivity index (χ2n) is 6.97. The van der Waals surface area contributed by atoms with Gasteiger partial charge in [0.2, 0.25) is 5.88 Å².